The number of rotatable bonds is 6. The topological polar surface area (TPSA) is 110 Å². The number of halogens is 1. The second-order valence-corrected chi connectivity index (χ2v) is 10.3. The van der Waals surface area contributed by atoms with Gasteiger partial charge in [-0.25, -0.2) is 4.39 Å². The molecule has 0 unspecified atom stereocenters. The summed E-state index contributed by atoms with van der Waals surface area (Å²) in [6, 6.07) is 8.54. The van der Waals surface area contributed by atoms with E-state index in [4.69, 9.17) is 17.3 Å². The number of aromatic nitrogens is 1. The number of anilines is 2. The summed E-state index contributed by atoms with van der Waals surface area (Å²) in [6.45, 7) is 3.59. The molecule has 0 spiro atoms. The molecule has 1 aromatic heterocycles. The van der Waals surface area contributed by atoms with Crippen molar-refractivity contribution in [2.24, 2.45) is 7.05 Å². The largest absolute Gasteiger partial charge is 0.481 e. The summed E-state index contributed by atoms with van der Waals surface area (Å²) in [4.78, 5) is 42.5. The number of aliphatic carboxylic acids is 1. The smallest absolute Gasteiger partial charge is 0.305 e. The third kappa shape index (κ3) is 5.10. The molecule has 192 valence electrons. The van der Waals surface area contributed by atoms with Crippen molar-refractivity contribution in [3.05, 3.63) is 62.0 Å². The Labute approximate surface area is 222 Å². The summed E-state index contributed by atoms with van der Waals surface area (Å²) in [7, 11) is 1.58. The van der Waals surface area contributed by atoms with Crippen LogP contribution in [0.4, 0.5) is 15.9 Å². The van der Waals surface area contributed by atoms with Crippen LogP contribution in [-0.4, -0.2) is 63.5 Å². The van der Waals surface area contributed by atoms with Gasteiger partial charge in [-0.3, -0.25) is 23.9 Å². The molecular formula is C25H24FN5O4S2. The van der Waals surface area contributed by atoms with Gasteiger partial charge in [0.15, 0.2) is 0 Å². The fourth-order valence-corrected chi connectivity index (χ4v) is 5.78. The van der Waals surface area contributed by atoms with Crippen LogP contribution in [0.3, 0.4) is 0 Å². The highest BCUT2D eigenvalue weighted by Crippen LogP contribution is 2.36. The predicted molar refractivity (Wildman–Crippen MR) is 144 cm³/mol. The van der Waals surface area contributed by atoms with Gasteiger partial charge in [-0.2, -0.15) is 5.26 Å². The molecule has 0 atom stereocenters. The van der Waals surface area contributed by atoms with Crippen molar-refractivity contribution in [2.75, 3.05) is 42.5 Å². The van der Waals surface area contributed by atoms with Crippen LogP contribution in [0.15, 0.2) is 34.0 Å². The van der Waals surface area contributed by atoms with Crippen molar-refractivity contribution in [3.8, 4) is 6.07 Å². The molecular weight excluding hydrogens is 517 g/mol. The van der Waals surface area contributed by atoms with Crippen LogP contribution < -0.4 is 15.4 Å². The molecule has 2 aromatic rings. The van der Waals surface area contributed by atoms with Gasteiger partial charge in [-0.05, 0) is 30.7 Å². The number of thioether (sulfide) groups is 1. The quantitative estimate of drug-likeness (QED) is 0.436. The standard InChI is InChI=1S/C25H24FN5O4S2/c1-15-16(13-20-24(35)31(25(36)37-20)8-7-21(32)33)22(28(2)23(34)17(15)14-27)30-11-9-29(10-12-30)19-6-4-3-5-18(19)26/h3-6,13H,7-12H2,1-2H3,(H,32,33)/b20-13-. The molecule has 4 rings (SSSR count). The number of carboxylic acid groups (broad SMARTS) is 1. The van der Waals surface area contributed by atoms with Crippen molar-refractivity contribution in [1.82, 2.24) is 9.47 Å². The zero-order valence-corrected chi connectivity index (χ0v) is 21.9. The van der Waals surface area contributed by atoms with Crippen LogP contribution in [0, 0.1) is 24.1 Å². The molecule has 0 bridgehead atoms. The second kappa shape index (κ2) is 10.7. The first-order chi connectivity index (χ1) is 17.6. The van der Waals surface area contributed by atoms with E-state index in [-0.39, 0.29) is 33.6 Å². The van der Waals surface area contributed by atoms with E-state index in [1.54, 1.807) is 38.2 Å². The van der Waals surface area contributed by atoms with Crippen LogP contribution in [0.5, 0.6) is 0 Å². The van der Waals surface area contributed by atoms with E-state index in [2.05, 4.69) is 0 Å². The number of amides is 1. The van der Waals surface area contributed by atoms with Gasteiger partial charge in [0.25, 0.3) is 11.5 Å². The maximum atomic E-state index is 14.3. The Hall–Kier alpha value is -3.69. The number of carboxylic acids is 1. The van der Waals surface area contributed by atoms with Crippen LogP contribution in [0.1, 0.15) is 23.1 Å². The zero-order chi connectivity index (χ0) is 26.9. The fourth-order valence-electron chi connectivity index (χ4n) is 4.49. The average Bonchev–Trinajstić information content (AvgIpc) is 3.14. The van der Waals surface area contributed by atoms with Gasteiger partial charge >= 0.3 is 5.97 Å². The first-order valence-corrected chi connectivity index (χ1v) is 12.7. The maximum Gasteiger partial charge on any atom is 0.305 e. The Morgan fingerprint density at radius 1 is 1.22 bits per heavy atom. The third-order valence-electron chi connectivity index (χ3n) is 6.44. The Kier molecular flexibility index (Phi) is 7.65. The minimum atomic E-state index is -1.04. The van der Waals surface area contributed by atoms with E-state index < -0.39 is 17.4 Å². The molecule has 1 N–H and O–H groups in total. The first kappa shape index (κ1) is 26.4. The summed E-state index contributed by atoms with van der Waals surface area (Å²) >= 11 is 6.35. The Morgan fingerprint density at radius 2 is 1.86 bits per heavy atom. The Balaban J connectivity index is 1.71. The molecule has 2 aliphatic heterocycles. The number of carbonyl (C=O) groups excluding carboxylic acids is 1. The van der Waals surface area contributed by atoms with Gasteiger partial charge in [0.1, 0.15) is 27.6 Å². The number of nitriles is 1. The SMILES string of the molecule is Cc1c(/C=C2\SC(=S)N(CCC(=O)O)C2=O)c(N2CCN(c3ccccc3F)CC2)n(C)c(=O)c1C#N. The molecule has 1 amide bonds. The summed E-state index contributed by atoms with van der Waals surface area (Å²) < 4.78 is 16.0. The second-order valence-electron chi connectivity index (χ2n) is 8.62. The van der Waals surface area contributed by atoms with Crippen LogP contribution >= 0.6 is 24.0 Å². The molecule has 2 aliphatic rings. The number of benzene rings is 1. The minimum Gasteiger partial charge on any atom is -0.481 e. The van der Waals surface area contributed by atoms with Crippen molar-refractivity contribution in [3.63, 3.8) is 0 Å². The van der Waals surface area contributed by atoms with Crippen molar-refractivity contribution >= 4 is 57.8 Å². The monoisotopic (exact) mass is 541 g/mol. The van der Waals surface area contributed by atoms with Crippen molar-refractivity contribution in [1.29, 1.82) is 5.26 Å². The number of pyridine rings is 1. The van der Waals surface area contributed by atoms with E-state index in [9.17, 15) is 24.0 Å². The average molecular weight is 542 g/mol. The van der Waals surface area contributed by atoms with Gasteiger partial charge in [0, 0.05) is 45.3 Å². The summed E-state index contributed by atoms with van der Waals surface area (Å²) in [6.07, 6.45) is 1.38. The molecule has 2 saturated heterocycles. The van der Waals surface area contributed by atoms with Gasteiger partial charge in [-0.1, -0.05) is 36.1 Å². The molecule has 2 fully saturated rings. The minimum absolute atomic E-state index is 0.0242. The van der Waals surface area contributed by atoms with Crippen molar-refractivity contribution in [2.45, 2.75) is 13.3 Å². The molecule has 9 nitrogen and oxygen atoms in total. The van der Waals surface area contributed by atoms with Crippen LogP contribution in [0.2, 0.25) is 0 Å². The summed E-state index contributed by atoms with van der Waals surface area (Å²) in [5.74, 6) is -1.21. The van der Waals surface area contributed by atoms with Gasteiger partial charge in [-0.15, -0.1) is 0 Å². The molecule has 0 radical (unpaired) electrons. The molecule has 1 aromatic carbocycles. The molecule has 3 heterocycles. The fraction of sp³-hybridized carbons (Fsp3) is 0.320. The number of hydrogen-bond donors (Lipinski definition) is 1. The normalized spacial score (nSPS) is 17.0. The van der Waals surface area contributed by atoms with Crippen molar-refractivity contribution < 1.29 is 19.1 Å². The highest BCUT2D eigenvalue weighted by atomic mass is 32.2. The third-order valence-corrected chi connectivity index (χ3v) is 7.82. The number of hydrogen-bond acceptors (Lipinski definition) is 8. The highest BCUT2D eigenvalue weighted by Gasteiger charge is 2.33. The number of nitrogens with zero attached hydrogens (tertiary/aromatic N) is 5. The van der Waals surface area contributed by atoms with E-state index in [1.807, 2.05) is 15.9 Å². The van der Waals surface area contributed by atoms with Crippen LogP contribution in [0.25, 0.3) is 6.08 Å². The first-order valence-electron chi connectivity index (χ1n) is 11.5. The molecule has 12 heteroatoms. The number of carbonyl (C=O) groups is 2. The van der Waals surface area contributed by atoms with E-state index in [1.165, 1.54) is 15.5 Å². The lowest BCUT2D eigenvalue weighted by molar-refractivity contribution is -0.137. The van der Waals surface area contributed by atoms with Crippen LogP contribution in [-0.2, 0) is 16.6 Å². The zero-order valence-electron chi connectivity index (χ0n) is 20.2. The van der Waals surface area contributed by atoms with Gasteiger partial charge < -0.3 is 14.9 Å². The number of thiocarbonyl (C=S) groups is 1. The summed E-state index contributed by atoms with van der Waals surface area (Å²) in [5.41, 5.74) is 1.02. The highest BCUT2D eigenvalue weighted by molar-refractivity contribution is 8.26. The lowest BCUT2D eigenvalue weighted by atomic mass is 10.0. The maximum absolute atomic E-state index is 14.3. The van der Waals surface area contributed by atoms with Gasteiger partial charge in [0.2, 0.25) is 0 Å². The lowest BCUT2D eigenvalue weighted by Gasteiger charge is -2.38. The molecule has 37 heavy (non-hydrogen) atoms. The Morgan fingerprint density at radius 3 is 2.49 bits per heavy atom. The number of piperazine rings is 1. The van der Waals surface area contributed by atoms with E-state index >= 15 is 0 Å². The summed E-state index contributed by atoms with van der Waals surface area (Å²) in [5, 5.41) is 18.6. The Bertz CT molecular complexity index is 1420. The molecule has 0 aliphatic carbocycles. The molecule has 0 saturated carbocycles. The van der Waals surface area contributed by atoms with E-state index in [0.29, 0.717) is 48.8 Å². The van der Waals surface area contributed by atoms with E-state index in [0.717, 1.165) is 11.8 Å². The number of para-hydroxylation sites is 1. The lowest BCUT2D eigenvalue weighted by Crippen LogP contribution is -2.48. The van der Waals surface area contributed by atoms with Gasteiger partial charge in [0.05, 0.1) is 17.0 Å². The predicted octanol–water partition coefficient (Wildman–Crippen LogP) is 2.71.